The monoisotopic (exact) mass is 268 g/mol. The van der Waals surface area contributed by atoms with Crippen LogP contribution in [0.5, 0.6) is 5.75 Å². The number of benzene rings is 2. The molecule has 3 heteroatoms. The van der Waals surface area contributed by atoms with Crippen LogP contribution in [-0.2, 0) is 11.2 Å². The first-order chi connectivity index (χ1) is 9.79. The van der Waals surface area contributed by atoms with E-state index >= 15 is 0 Å². The Morgan fingerprint density at radius 2 is 1.70 bits per heavy atom. The second-order valence-corrected chi connectivity index (χ2v) is 4.46. The fraction of sp³-hybridized carbons (Fsp3) is 0.176. The van der Waals surface area contributed by atoms with Gasteiger partial charge in [-0.25, -0.2) is 4.79 Å². The standard InChI is InChI=1S/C17H16O3/c18-13-5-4-6-14-9-11-16(12-10-14)20-17(19)15-7-2-1-3-8-15/h1-3,7-13H,4-6H2. The minimum absolute atomic E-state index is 0.362. The highest BCUT2D eigenvalue weighted by molar-refractivity contribution is 5.90. The summed E-state index contributed by atoms with van der Waals surface area (Å²) in [5.74, 6) is 0.164. The topological polar surface area (TPSA) is 43.4 Å². The third-order valence-electron chi connectivity index (χ3n) is 2.93. The van der Waals surface area contributed by atoms with Gasteiger partial charge < -0.3 is 9.53 Å². The minimum atomic E-state index is -0.362. The van der Waals surface area contributed by atoms with Gasteiger partial charge in [-0.15, -0.1) is 0 Å². The van der Waals surface area contributed by atoms with Crippen LogP contribution in [0.4, 0.5) is 0 Å². The molecule has 0 saturated carbocycles. The number of aldehydes is 1. The number of rotatable bonds is 6. The van der Waals surface area contributed by atoms with Crippen molar-refractivity contribution in [1.82, 2.24) is 0 Å². The fourth-order valence-electron chi connectivity index (χ4n) is 1.85. The van der Waals surface area contributed by atoms with Crippen molar-refractivity contribution in [2.45, 2.75) is 19.3 Å². The van der Waals surface area contributed by atoms with E-state index in [-0.39, 0.29) is 5.97 Å². The Morgan fingerprint density at radius 3 is 2.35 bits per heavy atom. The summed E-state index contributed by atoms with van der Waals surface area (Å²) in [5, 5.41) is 0. The normalized spacial score (nSPS) is 10.0. The number of aryl methyl sites for hydroxylation is 1. The van der Waals surface area contributed by atoms with Crippen LogP contribution in [0.2, 0.25) is 0 Å². The maximum atomic E-state index is 11.8. The molecule has 2 rings (SSSR count). The molecule has 0 spiro atoms. The maximum Gasteiger partial charge on any atom is 0.343 e. The Balaban J connectivity index is 1.93. The van der Waals surface area contributed by atoms with Crippen LogP contribution >= 0.6 is 0 Å². The van der Waals surface area contributed by atoms with E-state index in [1.165, 1.54) is 0 Å². The first kappa shape index (κ1) is 14.0. The average Bonchev–Trinajstić information content (AvgIpc) is 2.50. The molecule has 0 fully saturated rings. The molecule has 0 aliphatic rings. The van der Waals surface area contributed by atoms with Gasteiger partial charge in [-0.1, -0.05) is 30.3 Å². The highest BCUT2D eigenvalue weighted by Crippen LogP contribution is 2.15. The molecule has 102 valence electrons. The van der Waals surface area contributed by atoms with Crippen LogP contribution in [0.1, 0.15) is 28.8 Å². The van der Waals surface area contributed by atoms with Crippen LogP contribution in [0.15, 0.2) is 54.6 Å². The first-order valence-corrected chi connectivity index (χ1v) is 6.59. The highest BCUT2D eigenvalue weighted by atomic mass is 16.5. The van der Waals surface area contributed by atoms with Gasteiger partial charge in [-0.3, -0.25) is 0 Å². The molecule has 2 aromatic rings. The summed E-state index contributed by atoms with van der Waals surface area (Å²) in [7, 11) is 0. The Labute approximate surface area is 118 Å². The second-order valence-electron chi connectivity index (χ2n) is 4.46. The van der Waals surface area contributed by atoms with E-state index < -0.39 is 0 Å². The van der Waals surface area contributed by atoms with Gasteiger partial charge in [0.15, 0.2) is 0 Å². The van der Waals surface area contributed by atoms with E-state index in [9.17, 15) is 9.59 Å². The average molecular weight is 268 g/mol. The molecule has 3 nitrogen and oxygen atoms in total. The van der Waals surface area contributed by atoms with Gasteiger partial charge in [0.1, 0.15) is 12.0 Å². The molecule has 20 heavy (non-hydrogen) atoms. The lowest BCUT2D eigenvalue weighted by molar-refractivity contribution is -0.107. The fourth-order valence-corrected chi connectivity index (χ4v) is 1.85. The summed E-state index contributed by atoms with van der Waals surface area (Å²) >= 11 is 0. The molecule has 0 heterocycles. The van der Waals surface area contributed by atoms with Crippen molar-refractivity contribution in [2.75, 3.05) is 0 Å². The molecular weight excluding hydrogens is 252 g/mol. The zero-order valence-electron chi connectivity index (χ0n) is 11.1. The predicted molar refractivity (Wildman–Crippen MR) is 76.8 cm³/mol. The minimum Gasteiger partial charge on any atom is -0.423 e. The smallest absolute Gasteiger partial charge is 0.343 e. The Hall–Kier alpha value is -2.42. The summed E-state index contributed by atoms with van der Waals surface area (Å²) in [6, 6.07) is 16.3. The summed E-state index contributed by atoms with van der Waals surface area (Å²) in [6.45, 7) is 0. The number of hydrogen-bond donors (Lipinski definition) is 0. The van der Waals surface area contributed by atoms with Gasteiger partial charge >= 0.3 is 5.97 Å². The van der Waals surface area contributed by atoms with Crippen LogP contribution in [-0.4, -0.2) is 12.3 Å². The molecule has 0 amide bonds. The molecule has 0 radical (unpaired) electrons. The van der Waals surface area contributed by atoms with Crippen LogP contribution in [0.25, 0.3) is 0 Å². The summed E-state index contributed by atoms with van der Waals surface area (Å²) in [6.07, 6.45) is 3.19. The molecule has 0 N–H and O–H groups in total. The molecule has 0 aliphatic carbocycles. The van der Waals surface area contributed by atoms with Crippen molar-refractivity contribution in [3.8, 4) is 5.75 Å². The largest absolute Gasteiger partial charge is 0.423 e. The number of carbonyl (C=O) groups is 2. The van der Waals surface area contributed by atoms with Crippen molar-refractivity contribution >= 4 is 12.3 Å². The number of carbonyl (C=O) groups excluding carboxylic acids is 2. The zero-order valence-corrected chi connectivity index (χ0v) is 11.1. The van der Waals surface area contributed by atoms with Crippen molar-refractivity contribution in [2.24, 2.45) is 0 Å². The van der Waals surface area contributed by atoms with Gasteiger partial charge in [0.25, 0.3) is 0 Å². The molecule has 0 aliphatic heterocycles. The molecule has 0 saturated heterocycles. The van der Waals surface area contributed by atoms with E-state index in [1.807, 2.05) is 18.2 Å². The van der Waals surface area contributed by atoms with E-state index in [2.05, 4.69) is 0 Å². The summed E-state index contributed by atoms with van der Waals surface area (Å²) < 4.78 is 5.29. The van der Waals surface area contributed by atoms with Crippen molar-refractivity contribution < 1.29 is 14.3 Å². The Bertz CT molecular complexity index is 559. The number of esters is 1. The van der Waals surface area contributed by atoms with Crippen molar-refractivity contribution in [3.63, 3.8) is 0 Å². The van der Waals surface area contributed by atoms with Gasteiger partial charge in [-0.2, -0.15) is 0 Å². The summed E-state index contributed by atoms with van der Waals surface area (Å²) in [5.41, 5.74) is 1.66. The number of hydrogen-bond acceptors (Lipinski definition) is 3. The summed E-state index contributed by atoms with van der Waals surface area (Å²) in [4.78, 5) is 22.1. The Morgan fingerprint density at radius 1 is 1.00 bits per heavy atom. The maximum absolute atomic E-state index is 11.8. The van der Waals surface area contributed by atoms with E-state index in [1.54, 1.807) is 36.4 Å². The third kappa shape index (κ3) is 4.05. The van der Waals surface area contributed by atoms with Gasteiger partial charge in [0, 0.05) is 6.42 Å². The molecule has 0 bridgehead atoms. The van der Waals surface area contributed by atoms with Gasteiger partial charge in [0.05, 0.1) is 5.56 Å². The van der Waals surface area contributed by atoms with E-state index in [4.69, 9.17) is 4.74 Å². The van der Waals surface area contributed by atoms with E-state index in [0.29, 0.717) is 17.7 Å². The number of unbranched alkanes of at least 4 members (excludes halogenated alkanes) is 1. The first-order valence-electron chi connectivity index (χ1n) is 6.59. The Kier molecular flexibility index (Phi) is 5.07. The van der Waals surface area contributed by atoms with Crippen molar-refractivity contribution in [1.29, 1.82) is 0 Å². The highest BCUT2D eigenvalue weighted by Gasteiger charge is 2.07. The van der Waals surface area contributed by atoms with Crippen molar-refractivity contribution in [3.05, 3.63) is 65.7 Å². The van der Waals surface area contributed by atoms with Crippen LogP contribution in [0.3, 0.4) is 0 Å². The molecule has 0 unspecified atom stereocenters. The van der Waals surface area contributed by atoms with Gasteiger partial charge in [0.2, 0.25) is 0 Å². The molecule has 0 aromatic heterocycles. The molecule has 2 aromatic carbocycles. The second kappa shape index (κ2) is 7.24. The quantitative estimate of drug-likeness (QED) is 0.349. The molecule has 0 atom stereocenters. The lowest BCUT2D eigenvalue weighted by Crippen LogP contribution is -2.08. The van der Waals surface area contributed by atoms with Gasteiger partial charge in [-0.05, 0) is 42.7 Å². The van der Waals surface area contributed by atoms with Crippen LogP contribution in [0, 0.1) is 0 Å². The lowest BCUT2D eigenvalue weighted by Gasteiger charge is -2.05. The number of ether oxygens (including phenoxy) is 1. The third-order valence-corrected chi connectivity index (χ3v) is 2.93. The SMILES string of the molecule is O=CCCCc1ccc(OC(=O)c2ccccc2)cc1. The van der Waals surface area contributed by atoms with E-state index in [0.717, 1.165) is 24.7 Å². The predicted octanol–water partition coefficient (Wildman–Crippen LogP) is 3.43. The van der Waals surface area contributed by atoms with Crippen LogP contribution < -0.4 is 4.74 Å². The lowest BCUT2D eigenvalue weighted by atomic mass is 10.1. The molecular formula is C17H16O3. The zero-order chi connectivity index (χ0) is 14.2.